The summed E-state index contributed by atoms with van der Waals surface area (Å²) in [4.78, 5) is 27.0. The minimum atomic E-state index is -0.443. The SMILES string of the molecule is Cc1ccccc1C(=O)Nc1cccc(N=Cc2ccc([N+](=O)[O-])cc2)c1. The quantitative estimate of drug-likeness (QED) is 0.399. The zero-order valence-corrected chi connectivity index (χ0v) is 14.6. The van der Waals surface area contributed by atoms with Crippen LogP contribution in [-0.2, 0) is 0 Å². The molecule has 1 N–H and O–H groups in total. The van der Waals surface area contributed by atoms with E-state index in [1.165, 1.54) is 12.1 Å². The first-order valence-corrected chi connectivity index (χ1v) is 8.28. The van der Waals surface area contributed by atoms with E-state index in [4.69, 9.17) is 0 Å². The molecule has 0 saturated heterocycles. The Morgan fingerprint density at radius 2 is 1.78 bits per heavy atom. The zero-order chi connectivity index (χ0) is 19.2. The number of carbonyl (C=O) groups excluding carboxylic acids is 1. The molecule has 0 heterocycles. The molecule has 0 radical (unpaired) electrons. The van der Waals surface area contributed by atoms with Crippen LogP contribution in [0.4, 0.5) is 17.1 Å². The van der Waals surface area contributed by atoms with Gasteiger partial charge in [0.2, 0.25) is 0 Å². The van der Waals surface area contributed by atoms with Gasteiger partial charge in [-0.25, -0.2) is 0 Å². The predicted octanol–water partition coefficient (Wildman–Crippen LogP) is 4.91. The van der Waals surface area contributed by atoms with Crippen molar-refractivity contribution in [2.75, 3.05) is 5.32 Å². The Morgan fingerprint density at radius 3 is 2.48 bits per heavy atom. The maximum atomic E-state index is 12.4. The van der Waals surface area contributed by atoms with Crippen LogP contribution in [0, 0.1) is 17.0 Å². The monoisotopic (exact) mass is 359 g/mol. The van der Waals surface area contributed by atoms with Crippen molar-refractivity contribution in [3.63, 3.8) is 0 Å². The first-order valence-electron chi connectivity index (χ1n) is 8.28. The lowest BCUT2D eigenvalue weighted by Crippen LogP contribution is -2.13. The number of benzene rings is 3. The van der Waals surface area contributed by atoms with E-state index in [1.807, 2.05) is 31.2 Å². The normalized spacial score (nSPS) is 10.7. The van der Waals surface area contributed by atoms with Crippen LogP contribution in [0.2, 0.25) is 0 Å². The van der Waals surface area contributed by atoms with E-state index in [9.17, 15) is 14.9 Å². The summed E-state index contributed by atoms with van der Waals surface area (Å²) in [6, 6.07) is 20.7. The Morgan fingerprint density at radius 1 is 1.04 bits per heavy atom. The molecule has 3 aromatic carbocycles. The molecular weight excluding hydrogens is 342 g/mol. The van der Waals surface area contributed by atoms with E-state index >= 15 is 0 Å². The number of hydrogen-bond acceptors (Lipinski definition) is 4. The van der Waals surface area contributed by atoms with Gasteiger partial charge in [-0.05, 0) is 54.4 Å². The third kappa shape index (κ3) is 4.64. The van der Waals surface area contributed by atoms with Gasteiger partial charge in [0.25, 0.3) is 11.6 Å². The fourth-order valence-electron chi connectivity index (χ4n) is 2.52. The van der Waals surface area contributed by atoms with E-state index in [0.717, 1.165) is 11.1 Å². The molecule has 0 spiro atoms. The van der Waals surface area contributed by atoms with Crippen molar-refractivity contribution in [3.8, 4) is 0 Å². The molecule has 6 heteroatoms. The van der Waals surface area contributed by atoms with Gasteiger partial charge in [0.05, 0.1) is 10.6 Å². The molecule has 1 amide bonds. The van der Waals surface area contributed by atoms with Gasteiger partial charge in [0.15, 0.2) is 0 Å². The Hall–Kier alpha value is -3.80. The summed E-state index contributed by atoms with van der Waals surface area (Å²) in [7, 11) is 0. The summed E-state index contributed by atoms with van der Waals surface area (Å²) < 4.78 is 0. The molecule has 0 unspecified atom stereocenters. The molecule has 0 aliphatic carbocycles. The Kier molecular flexibility index (Phi) is 5.37. The highest BCUT2D eigenvalue weighted by molar-refractivity contribution is 6.05. The van der Waals surface area contributed by atoms with Gasteiger partial charge in [-0.15, -0.1) is 0 Å². The highest BCUT2D eigenvalue weighted by Crippen LogP contribution is 2.20. The lowest BCUT2D eigenvalue weighted by atomic mass is 10.1. The van der Waals surface area contributed by atoms with Crippen molar-refractivity contribution in [2.24, 2.45) is 4.99 Å². The number of nitrogens with zero attached hydrogens (tertiary/aromatic N) is 2. The number of anilines is 1. The fraction of sp³-hybridized carbons (Fsp3) is 0.0476. The van der Waals surface area contributed by atoms with Crippen molar-refractivity contribution < 1.29 is 9.72 Å². The number of hydrogen-bond donors (Lipinski definition) is 1. The van der Waals surface area contributed by atoms with Gasteiger partial charge in [0, 0.05) is 29.6 Å². The Balaban J connectivity index is 1.72. The number of non-ortho nitro benzene ring substituents is 1. The number of aliphatic imine (C=N–C) groups is 1. The highest BCUT2D eigenvalue weighted by Gasteiger charge is 2.08. The summed E-state index contributed by atoms with van der Waals surface area (Å²) in [5.74, 6) is -0.176. The Labute approximate surface area is 156 Å². The average Bonchev–Trinajstić information content (AvgIpc) is 2.67. The minimum absolute atomic E-state index is 0.0352. The number of amides is 1. The van der Waals surface area contributed by atoms with Gasteiger partial charge >= 0.3 is 0 Å². The summed E-state index contributed by atoms with van der Waals surface area (Å²) >= 11 is 0. The average molecular weight is 359 g/mol. The van der Waals surface area contributed by atoms with Gasteiger partial charge in [-0.2, -0.15) is 0 Å². The number of rotatable bonds is 5. The third-order valence-electron chi connectivity index (χ3n) is 3.96. The molecule has 0 saturated carbocycles. The summed E-state index contributed by atoms with van der Waals surface area (Å²) in [5, 5.41) is 13.5. The van der Waals surface area contributed by atoms with Crippen LogP contribution in [0.1, 0.15) is 21.5 Å². The van der Waals surface area contributed by atoms with E-state index in [-0.39, 0.29) is 11.6 Å². The van der Waals surface area contributed by atoms with E-state index in [2.05, 4.69) is 10.3 Å². The van der Waals surface area contributed by atoms with Crippen LogP contribution in [0.5, 0.6) is 0 Å². The summed E-state index contributed by atoms with van der Waals surface area (Å²) in [6.07, 6.45) is 1.62. The lowest BCUT2D eigenvalue weighted by Gasteiger charge is -2.08. The summed E-state index contributed by atoms with van der Waals surface area (Å²) in [5.41, 5.74) is 3.61. The van der Waals surface area contributed by atoms with Crippen LogP contribution in [-0.4, -0.2) is 17.0 Å². The Bertz CT molecular complexity index is 1010. The molecule has 3 aromatic rings. The van der Waals surface area contributed by atoms with Gasteiger partial charge in [0.1, 0.15) is 0 Å². The molecule has 0 aromatic heterocycles. The highest BCUT2D eigenvalue weighted by atomic mass is 16.6. The molecule has 134 valence electrons. The maximum absolute atomic E-state index is 12.4. The second-order valence-electron chi connectivity index (χ2n) is 5.93. The largest absolute Gasteiger partial charge is 0.322 e. The van der Waals surface area contributed by atoms with Crippen LogP contribution in [0.3, 0.4) is 0 Å². The predicted molar refractivity (Wildman–Crippen MR) is 106 cm³/mol. The second kappa shape index (κ2) is 8.05. The molecule has 0 atom stereocenters. The van der Waals surface area contributed by atoms with E-state index in [0.29, 0.717) is 16.9 Å². The first kappa shape index (κ1) is 18.0. The standard InChI is InChI=1S/C21H17N3O3/c1-15-5-2-3-8-20(15)21(25)23-18-7-4-6-17(13-18)22-14-16-9-11-19(12-10-16)24(26)27/h2-14H,1H3,(H,23,25). The number of nitro benzene ring substituents is 1. The van der Waals surface area contributed by atoms with E-state index < -0.39 is 4.92 Å². The number of nitrogens with one attached hydrogen (secondary N) is 1. The third-order valence-corrected chi connectivity index (χ3v) is 3.96. The van der Waals surface area contributed by atoms with Gasteiger partial charge in [-0.1, -0.05) is 24.3 Å². The first-order chi connectivity index (χ1) is 13.0. The molecule has 3 rings (SSSR count). The van der Waals surface area contributed by atoms with Crippen molar-refractivity contribution in [3.05, 3.63) is 99.6 Å². The second-order valence-corrected chi connectivity index (χ2v) is 5.93. The molecule has 0 aliphatic rings. The maximum Gasteiger partial charge on any atom is 0.269 e. The number of nitro groups is 1. The molecule has 0 aliphatic heterocycles. The molecular formula is C21H17N3O3. The lowest BCUT2D eigenvalue weighted by molar-refractivity contribution is -0.384. The van der Waals surface area contributed by atoms with Crippen LogP contribution in [0.25, 0.3) is 0 Å². The van der Waals surface area contributed by atoms with Crippen molar-refractivity contribution in [1.82, 2.24) is 0 Å². The summed E-state index contributed by atoms with van der Waals surface area (Å²) in [6.45, 7) is 1.89. The molecule has 6 nitrogen and oxygen atoms in total. The van der Waals surface area contributed by atoms with E-state index in [1.54, 1.807) is 42.6 Å². The van der Waals surface area contributed by atoms with Crippen molar-refractivity contribution in [1.29, 1.82) is 0 Å². The number of aryl methyl sites for hydroxylation is 1. The smallest absolute Gasteiger partial charge is 0.269 e. The molecule has 0 fully saturated rings. The van der Waals surface area contributed by atoms with Crippen LogP contribution in [0.15, 0.2) is 77.8 Å². The van der Waals surface area contributed by atoms with Gasteiger partial charge in [-0.3, -0.25) is 19.9 Å². The van der Waals surface area contributed by atoms with Gasteiger partial charge < -0.3 is 5.32 Å². The zero-order valence-electron chi connectivity index (χ0n) is 14.6. The number of carbonyl (C=O) groups is 1. The molecule has 27 heavy (non-hydrogen) atoms. The molecule has 0 bridgehead atoms. The topological polar surface area (TPSA) is 84.6 Å². The fourth-order valence-corrected chi connectivity index (χ4v) is 2.52. The van der Waals surface area contributed by atoms with Crippen LogP contribution < -0.4 is 5.32 Å². The van der Waals surface area contributed by atoms with Crippen molar-refractivity contribution >= 4 is 29.2 Å². The van der Waals surface area contributed by atoms with Crippen molar-refractivity contribution in [2.45, 2.75) is 6.92 Å². The minimum Gasteiger partial charge on any atom is -0.322 e. The van der Waals surface area contributed by atoms with Crippen LogP contribution >= 0.6 is 0 Å².